The topological polar surface area (TPSA) is 65.4 Å². The summed E-state index contributed by atoms with van der Waals surface area (Å²) >= 11 is 1.61. The van der Waals surface area contributed by atoms with Gasteiger partial charge in [-0.05, 0) is 42.3 Å². The van der Waals surface area contributed by atoms with Crippen LogP contribution in [0.4, 0.5) is 0 Å². The zero-order valence-corrected chi connectivity index (χ0v) is 18.8. The molecule has 1 aliphatic heterocycles. The Morgan fingerprint density at radius 1 is 1.11 bits per heavy atom. The van der Waals surface area contributed by atoms with E-state index in [1.54, 1.807) is 11.3 Å². The summed E-state index contributed by atoms with van der Waals surface area (Å²) in [6, 6.07) is 4.14. The molecule has 0 amide bonds. The van der Waals surface area contributed by atoms with E-state index in [0.29, 0.717) is 18.7 Å². The number of phenols is 1. The van der Waals surface area contributed by atoms with Gasteiger partial charge in [-0.3, -0.25) is 0 Å². The Hall–Kier alpha value is -1.43. The number of hydrogen-bond acceptors (Lipinski definition) is 5. The lowest BCUT2D eigenvalue weighted by molar-refractivity contribution is 0.0169. The van der Waals surface area contributed by atoms with Gasteiger partial charge < -0.3 is 15.5 Å². The van der Waals surface area contributed by atoms with Crippen molar-refractivity contribution in [3.8, 4) is 17.0 Å². The molecular formula is C23H34N2O2S. The van der Waals surface area contributed by atoms with Gasteiger partial charge in [0.15, 0.2) is 0 Å². The van der Waals surface area contributed by atoms with Gasteiger partial charge in [0.25, 0.3) is 0 Å². The number of benzene rings is 1. The van der Waals surface area contributed by atoms with Crippen molar-refractivity contribution in [3.63, 3.8) is 0 Å². The van der Waals surface area contributed by atoms with E-state index in [4.69, 9.17) is 4.98 Å². The van der Waals surface area contributed by atoms with Crippen molar-refractivity contribution in [1.29, 1.82) is 0 Å². The molecule has 0 bridgehead atoms. The van der Waals surface area contributed by atoms with Gasteiger partial charge in [-0.2, -0.15) is 0 Å². The first-order valence-corrected chi connectivity index (χ1v) is 11.0. The van der Waals surface area contributed by atoms with Gasteiger partial charge in [-0.25, -0.2) is 4.98 Å². The van der Waals surface area contributed by atoms with Gasteiger partial charge in [-0.15, -0.1) is 11.3 Å². The Kier molecular flexibility index (Phi) is 5.65. The van der Waals surface area contributed by atoms with E-state index >= 15 is 0 Å². The van der Waals surface area contributed by atoms with E-state index in [0.717, 1.165) is 46.8 Å². The zero-order valence-electron chi connectivity index (χ0n) is 18.0. The molecule has 154 valence electrons. The minimum atomic E-state index is -0.699. The Morgan fingerprint density at radius 2 is 1.71 bits per heavy atom. The number of rotatable bonds is 3. The normalized spacial score (nSPS) is 21.1. The smallest absolute Gasteiger partial charge is 0.123 e. The monoisotopic (exact) mass is 402 g/mol. The lowest BCUT2D eigenvalue weighted by Crippen LogP contribution is -2.47. The van der Waals surface area contributed by atoms with Crippen LogP contribution in [-0.2, 0) is 17.3 Å². The van der Waals surface area contributed by atoms with Gasteiger partial charge in [0.1, 0.15) is 5.75 Å². The third kappa shape index (κ3) is 4.58. The summed E-state index contributed by atoms with van der Waals surface area (Å²) in [5.41, 5.74) is 2.81. The van der Waals surface area contributed by atoms with Crippen molar-refractivity contribution in [2.45, 2.75) is 77.2 Å². The van der Waals surface area contributed by atoms with Crippen LogP contribution in [0.15, 0.2) is 17.5 Å². The molecule has 0 radical (unpaired) electrons. The fourth-order valence-corrected chi connectivity index (χ4v) is 4.77. The third-order valence-electron chi connectivity index (χ3n) is 5.50. The molecule has 3 rings (SSSR count). The van der Waals surface area contributed by atoms with Crippen LogP contribution in [0.3, 0.4) is 0 Å². The van der Waals surface area contributed by atoms with Crippen LogP contribution in [0.1, 0.15) is 70.5 Å². The summed E-state index contributed by atoms with van der Waals surface area (Å²) in [7, 11) is 0. The Labute approximate surface area is 173 Å². The van der Waals surface area contributed by atoms with Crippen molar-refractivity contribution < 1.29 is 10.2 Å². The molecule has 0 spiro atoms. The number of hydrogen-bond donors (Lipinski definition) is 3. The van der Waals surface area contributed by atoms with Crippen LogP contribution in [0.2, 0.25) is 0 Å². The second-order valence-electron chi connectivity index (χ2n) is 10.2. The first-order valence-electron chi connectivity index (χ1n) is 10.1. The van der Waals surface area contributed by atoms with Crippen LogP contribution < -0.4 is 5.32 Å². The van der Waals surface area contributed by atoms with Crippen molar-refractivity contribution in [1.82, 2.24) is 10.3 Å². The lowest BCUT2D eigenvalue weighted by atomic mass is 9.78. The number of phenolic OH excluding ortho intramolecular Hbond substituents is 1. The molecule has 1 aliphatic rings. The molecule has 2 aromatic rings. The highest BCUT2D eigenvalue weighted by atomic mass is 32.1. The molecular weight excluding hydrogens is 368 g/mol. The standard InChI is InChI=1S/C23H34N2O2S/c1-21(2,3)16-10-15(11-17(20(16)26)22(4,5)6)18-13-28-19(25-18)12-23(27)8-7-9-24-14-23/h10-11,13,24,26-27H,7-9,12,14H2,1-6H3. The number of aromatic nitrogens is 1. The maximum Gasteiger partial charge on any atom is 0.123 e. The number of nitrogens with one attached hydrogen (secondary N) is 1. The first-order chi connectivity index (χ1) is 12.9. The molecule has 1 atom stereocenters. The first kappa shape index (κ1) is 21.3. The second-order valence-corrected chi connectivity index (χ2v) is 11.2. The van der Waals surface area contributed by atoms with E-state index in [1.165, 1.54) is 0 Å². The zero-order chi connectivity index (χ0) is 20.7. The molecule has 2 heterocycles. The number of piperidine rings is 1. The summed E-state index contributed by atoms with van der Waals surface area (Å²) in [6.45, 7) is 14.3. The van der Waals surface area contributed by atoms with Crippen LogP contribution in [0, 0.1) is 0 Å². The quantitative estimate of drug-likeness (QED) is 0.692. The minimum Gasteiger partial charge on any atom is -0.507 e. The highest BCUT2D eigenvalue weighted by Crippen LogP contribution is 2.42. The molecule has 1 aromatic carbocycles. The molecule has 0 saturated carbocycles. The van der Waals surface area contributed by atoms with Crippen LogP contribution >= 0.6 is 11.3 Å². The summed E-state index contributed by atoms with van der Waals surface area (Å²) in [5.74, 6) is 0.391. The SMILES string of the molecule is CC(C)(C)c1cc(-c2csc(CC3(O)CCCNC3)n2)cc(C(C)(C)C)c1O. The molecule has 1 aromatic heterocycles. The third-order valence-corrected chi connectivity index (χ3v) is 6.35. The highest BCUT2D eigenvalue weighted by Gasteiger charge is 2.31. The van der Waals surface area contributed by atoms with Crippen molar-refractivity contribution in [3.05, 3.63) is 33.6 Å². The largest absolute Gasteiger partial charge is 0.507 e. The maximum absolute atomic E-state index is 10.9. The Bertz CT molecular complexity index is 802. The fraction of sp³-hybridized carbons (Fsp3) is 0.609. The highest BCUT2D eigenvalue weighted by molar-refractivity contribution is 7.10. The maximum atomic E-state index is 10.9. The van der Waals surface area contributed by atoms with Crippen molar-refractivity contribution >= 4 is 11.3 Å². The average molecular weight is 403 g/mol. The van der Waals surface area contributed by atoms with Crippen LogP contribution in [0.25, 0.3) is 11.3 Å². The van der Waals surface area contributed by atoms with E-state index in [2.05, 4.69) is 64.4 Å². The summed E-state index contributed by atoms with van der Waals surface area (Å²) in [4.78, 5) is 4.84. The Balaban J connectivity index is 1.99. The summed E-state index contributed by atoms with van der Waals surface area (Å²) < 4.78 is 0. The molecule has 4 nitrogen and oxygen atoms in total. The van der Waals surface area contributed by atoms with Gasteiger partial charge in [0, 0.05) is 35.0 Å². The fourth-order valence-electron chi connectivity index (χ4n) is 3.83. The second kappa shape index (κ2) is 7.43. The average Bonchev–Trinajstić information content (AvgIpc) is 3.01. The lowest BCUT2D eigenvalue weighted by Gasteiger charge is -2.31. The summed E-state index contributed by atoms with van der Waals surface area (Å²) in [6.07, 6.45) is 2.40. The molecule has 3 N–H and O–H groups in total. The van der Waals surface area contributed by atoms with Crippen molar-refractivity contribution in [2.24, 2.45) is 0 Å². The molecule has 1 saturated heterocycles. The molecule has 0 aliphatic carbocycles. The number of thiazole rings is 1. The molecule has 1 unspecified atom stereocenters. The van der Waals surface area contributed by atoms with Crippen molar-refractivity contribution in [2.75, 3.05) is 13.1 Å². The number of β-amino-alcohol motifs (C(OH)–C–C–N with tert-alkyl or cyclic N) is 1. The van der Waals surface area contributed by atoms with E-state index in [1.807, 2.05) is 0 Å². The summed E-state index contributed by atoms with van der Waals surface area (Å²) in [5, 5.41) is 28.1. The van der Waals surface area contributed by atoms with Crippen LogP contribution in [-0.4, -0.2) is 33.9 Å². The van der Waals surface area contributed by atoms with Crippen LogP contribution in [0.5, 0.6) is 5.75 Å². The predicted molar refractivity (Wildman–Crippen MR) is 117 cm³/mol. The molecule has 1 fully saturated rings. The number of aromatic hydroxyl groups is 1. The van der Waals surface area contributed by atoms with E-state index in [-0.39, 0.29) is 10.8 Å². The Morgan fingerprint density at radius 3 is 2.21 bits per heavy atom. The number of nitrogens with zero attached hydrogens (tertiary/aromatic N) is 1. The van der Waals surface area contributed by atoms with E-state index in [9.17, 15) is 10.2 Å². The molecule has 28 heavy (non-hydrogen) atoms. The predicted octanol–water partition coefficient (Wildman–Crippen LogP) is 4.77. The van der Waals surface area contributed by atoms with Gasteiger partial charge >= 0.3 is 0 Å². The van der Waals surface area contributed by atoms with Gasteiger partial charge in [-0.1, -0.05) is 41.5 Å². The minimum absolute atomic E-state index is 0.165. The van der Waals surface area contributed by atoms with Gasteiger partial charge in [0.2, 0.25) is 0 Å². The van der Waals surface area contributed by atoms with Gasteiger partial charge in [0.05, 0.1) is 16.3 Å². The molecule has 5 heteroatoms. The number of aliphatic hydroxyl groups is 1. The van der Waals surface area contributed by atoms with E-state index < -0.39 is 5.60 Å².